The standard InChI is InChI=1S/C10H14INO3/c1-2-10(6-13,7-14)12-5-8(11)3-4-9(12)15/h3-5,13-14H,2,6-7H2,1H3. The lowest BCUT2D eigenvalue weighted by Crippen LogP contribution is -2.46. The maximum absolute atomic E-state index is 11.6. The molecule has 1 rings (SSSR count). The van der Waals surface area contributed by atoms with E-state index in [-0.39, 0.29) is 18.8 Å². The van der Waals surface area contributed by atoms with Crippen LogP contribution in [0.1, 0.15) is 13.3 Å². The van der Waals surface area contributed by atoms with E-state index < -0.39 is 5.54 Å². The minimum atomic E-state index is -0.891. The lowest BCUT2D eigenvalue weighted by Gasteiger charge is -2.31. The number of aromatic nitrogens is 1. The number of aliphatic hydroxyl groups excluding tert-OH is 2. The van der Waals surface area contributed by atoms with Gasteiger partial charge in [-0.2, -0.15) is 0 Å². The Bertz CT molecular complexity index is 376. The summed E-state index contributed by atoms with van der Waals surface area (Å²) in [7, 11) is 0. The van der Waals surface area contributed by atoms with Gasteiger partial charge in [-0.3, -0.25) is 4.79 Å². The summed E-state index contributed by atoms with van der Waals surface area (Å²) in [6.07, 6.45) is 2.15. The number of hydrogen-bond donors (Lipinski definition) is 2. The minimum absolute atomic E-state index is 0.208. The number of rotatable bonds is 4. The molecule has 0 aliphatic rings. The van der Waals surface area contributed by atoms with Gasteiger partial charge in [0.25, 0.3) is 5.56 Å². The van der Waals surface area contributed by atoms with Crippen LogP contribution in [0.15, 0.2) is 23.1 Å². The molecule has 5 heteroatoms. The highest BCUT2D eigenvalue weighted by atomic mass is 127. The van der Waals surface area contributed by atoms with E-state index in [4.69, 9.17) is 0 Å². The smallest absolute Gasteiger partial charge is 0.251 e. The minimum Gasteiger partial charge on any atom is -0.394 e. The highest BCUT2D eigenvalue weighted by Gasteiger charge is 2.29. The van der Waals surface area contributed by atoms with Crippen LogP contribution < -0.4 is 5.56 Å². The second kappa shape index (κ2) is 5.09. The molecule has 0 atom stereocenters. The number of halogens is 1. The Labute approximate surface area is 102 Å². The Morgan fingerprint density at radius 1 is 1.40 bits per heavy atom. The molecule has 4 nitrogen and oxygen atoms in total. The Kier molecular flexibility index (Phi) is 4.30. The second-order valence-electron chi connectivity index (χ2n) is 3.45. The molecule has 0 aliphatic carbocycles. The fourth-order valence-corrected chi connectivity index (χ4v) is 1.89. The van der Waals surface area contributed by atoms with Gasteiger partial charge in [-0.1, -0.05) is 6.92 Å². The molecule has 0 aliphatic heterocycles. The van der Waals surface area contributed by atoms with Gasteiger partial charge < -0.3 is 14.8 Å². The normalized spacial score (nSPS) is 11.7. The van der Waals surface area contributed by atoms with Gasteiger partial charge in [-0.15, -0.1) is 0 Å². The molecule has 2 N–H and O–H groups in total. The number of aliphatic hydroxyl groups is 2. The van der Waals surface area contributed by atoms with Crippen LogP contribution in [0.2, 0.25) is 0 Å². The van der Waals surface area contributed by atoms with Gasteiger partial charge in [0, 0.05) is 15.8 Å². The maximum Gasteiger partial charge on any atom is 0.251 e. The SMILES string of the molecule is CCC(CO)(CO)n1cc(I)ccc1=O. The van der Waals surface area contributed by atoms with Crippen molar-refractivity contribution in [1.82, 2.24) is 4.57 Å². The van der Waals surface area contributed by atoms with Crippen LogP contribution in [0.3, 0.4) is 0 Å². The van der Waals surface area contributed by atoms with Gasteiger partial charge in [0.05, 0.1) is 18.8 Å². The molecule has 1 aromatic rings. The highest BCUT2D eigenvalue weighted by molar-refractivity contribution is 14.1. The van der Waals surface area contributed by atoms with Crippen LogP contribution in [-0.2, 0) is 5.54 Å². The Morgan fingerprint density at radius 2 is 2.00 bits per heavy atom. The zero-order valence-electron chi connectivity index (χ0n) is 8.48. The molecule has 0 unspecified atom stereocenters. The van der Waals surface area contributed by atoms with Crippen molar-refractivity contribution in [3.8, 4) is 0 Å². The Balaban J connectivity index is 3.34. The lowest BCUT2D eigenvalue weighted by molar-refractivity contribution is 0.0569. The van der Waals surface area contributed by atoms with Crippen molar-refractivity contribution < 1.29 is 10.2 Å². The summed E-state index contributed by atoms with van der Waals surface area (Å²) in [6.45, 7) is 1.33. The predicted octanol–water partition coefficient (Wildman–Crippen LogP) is 0.543. The number of nitrogens with zero attached hydrogens (tertiary/aromatic N) is 1. The molecule has 0 spiro atoms. The third-order valence-electron chi connectivity index (χ3n) is 2.63. The fraction of sp³-hybridized carbons (Fsp3) is 0.500. The molecule has 0 fully saturated rings. The molecule has 0 bridgehead atoms. The molecular weight excluding hydrogens is 309 g/mol. The van der Waals surface area contributed by atoms with Crippen LogP contribution in [0, 0.1) is 3.57 Å². The second-order valence-corrected chi connectivity index (χ2v) is 4.70. The fourth-order valence-electron chi connectivity index (χ4n) is 1.43. The molecule has 84 valence electrons. The van der Waals surface area contributed by atoms with Gasteiger partial charge in [0.2, 0.25) is 0 Å². The van der Waals surface area contributed by atoms with Crippen molar-refractivity contribution in [1.29, 1.82) is 0 Å². The van der Waals surface area contributed by atoms with E-state index >= 15 is 0 Å². The largest absolute Gasteiger partial charge is 0.394 e. The van der Waals surface area contributed by atoms with E-state index in [1.807, 2.05) is 6.92 Å². The van der Waals surface area contributed by atoms with Crippen LogP contribution in [0.25, 0.3) is 0 Å². The third-order valence-corrected chi connectivity index (χ3v) is 3.27. The van der Waals surface area contributed by atoms with Crippen LogP contribution in [-0.4, -0.2) is 28.0 Å². The van der Waals surface area contributed by atoms with Gasteiger partial charge in [-0.25, -0.2) is 0 Å². The van der Waals surface area contributed by atoms with E-state index in [0.717, 1.165) is 3.57 Å². The lowest BCUT2D eigenvalue weighted by atomic mass is 9.98. The first-order chi connectivity index (χ1) is 7.09. The summed E-state index contributed by atoms with van der Waals surface area (Å²) in [5.41, 5.74) is -1.10. The van der Waals surface area contributed by atoms with Crippen molar-refractivity contribution in [3.63, 3.8) is 0 Å². The average molecular weight is 323 g/mol. The molecule has 0 radical (unpaired) electrons. The zero-order chi connectivity index (χ0) is 11.5. The molecular formula is C10H14INO3. The number of hydrogen-bond acceptors (Lipinski definition) is 3. The average Bonchev–Trinajstić information content (AvgIpc) is 2.26. The summed E-state index contributed by atoms with van der Waals surface area (Å²) >= 11 is 2.09. The van der Waals surface area contributed by atoms with Crippen molar-refractivity contribution in [2.24, 2.45) is 0 Å². The summed E-state index contributed by atoms with van der Waals surface area (Å²) in [5.74, 6) is 0. The molecule has 0 aromatic carbocycles. The quantitative estimate of drug-likeness (QED) is 0.795. The van der Waals surface area contributed by atoms with E-state index in [0.29, 0.717) is 6.42 Å². The predicted molar refractivity (Wildman–Crippen MR) is 65.9 cm³/mol. The molecule has 1 heterocycles. The molecule has 15 heavy (non-hydrogen) atoms. The third kappa shape index (κ3) is 2.40. The van der Waals surface area contributed by atoms with Crippen molar-refractivity contribution in [3.05, 3.63) is 32.3 Å². The van der Waals surface area contributed by atoms with Crippen molar-refractivity contribution >= 4 is 22.6 Å². The summed E-state index contributed by atoms with van der Waals surface area (Å²) in [4.78, 5) is 11.6. The van der Waals surface area contributed by atoms with E-state index in [2.05, 4.69) is 22.6 Å². The molecule has 0 saturated carbocycles. The van der Waals surface area contributed by atoms with Crippen molar-refractivity contribution in [2.75, 3.05) is 13.2 Å². The number of pyridine rings is 1. The first kappa shape index (κ1) is 12.7. The topological polar surface area (TPSA) is 62.5 Å². The van der Waals surface area contributed by atoms with Gasteiger partial charge in [-0.05, 0) is 35.1 Å². The van der Waals surface area contributed by atoms with Crippen LogP contribution >= 0.6 is 22.6 Å². The Hall–Kier alpha value is -0.400. The maximum atomic E-state index is 11.6. The first-order valence-electron chi connectivity index (χ1n) is 4.70. The molecule has 0 amide bonds. The van der Waals surface area contributed by atoms with E-state index in [1.54, 1.807) is 12.3 Å². The van der Waals surface area contributed by atoms with Gasteiger partial charge in [0.1, 0.15) is 0 Å². The van der Waals surface area contributed by atoms with E-state index in [9.17, 15) is 15.0 Å². The van der Waals surface area contributed by atoms with Gasteiger partial charge in [0.15, 0.2) is 0 Å². The van der Waals surface area contributed by atoms with Gasteiger partial charge >= 0.3 is 0 Å². The first-order valence-corrected chi connectivity index (χ1v) is 5.78. The van der Waals surface area contributed by atoms with Crippen LogP contribution in [0.4, 0.5) is 0 Å². The van der Waals surface area contributed by atoms with E-state index in [1.165, 1.54) is 10.6 Å². The highest BCUT2D eigenvalue weighted by Crippen LogP contribution is 2.18. The summed E-state index contributed by atoms with van der Waals surface area (Å²) < 4.78 is 2.31. The Morgan fingerprint density at radius 3 is 2.47 bits per heavy atom. The summed E-state index contributed by atoms with van der Waals surface area (Å²) in [5, 5.41) is 18.6. The summed E-state index contributed by atoms with van der Waals surface area (Å²) in [6, 6.07) is 3.14. The molecule has 0 saturated heterocycles. The monoisotopic (exact) mass is 323 g/mol. The van der Waals surface area contributed by atoms with Crippen LogP contribution in [0.5, 0.6) is 0 Å². The zero-order valence-corrected chi connectivity index (χ0v) is 10.6. The van der Waals surface area contributed by atoms with Crippen molar-refractivity contribution in [2.45, 2.75) is 18.9 Å². The molecule has 1 aromatic heterocycles.